The number of carboxylic acid groups (broad SMARTS) is 1. The molecule has 42 heavy (non-hydrogen) atoms. The van der Waals surface area contributed by atoms with Crippen molar-refractivity contribution in [3.05, 3.63) is 29.3 Å². The molecule has 1 aromatic rings. The lowest BCUT2D eigenvalue weighted by Crippen LogP contribution is -2.47. The van der Waals surface area contributed by atoms with Crippen molar-refractivity contribution < 1.29 is 42.1 Å². The maximum Gasteiger partial charge on any atom is 0.453 e. The van der Waals surface area contributed by atoms with Crippen molar-refractivity contribution >= 4 is 5.97 Å². The summed E-state index contributed by atoms with van der Waals surface area (Å²) in [5, 5.41) is 30.4. The molecule has 0 heterocycles. The molecule has 0 aromatic heterocycles. The lowest BCUT2D eigenvalue weighted by Gasteiger charge is -2.54. The summed E-state index contributed by atoms with van der Waals surface area (Å²) in [4.78, 5) is 11.5. The van der Waals surface area contributed by atoms with Gasteiger partial charge in [0.2, 0.25) is 0 Å². The number of halogens is 5. The van der Waals surface area contributed by atoms with Gasteiger partial charge in [-0.15, -0.1) is 0 Å². The minimum absolute atomic E-state index is 0.0381. The first-order valence-corrected chi connectivity index (χ1v) is 15.9. The minimum Gasteiger partial charge on any atom is -0.508 e. The summed E-state index contributed by atoms with van der Waals surface area (Å²) in [6.07, 6.45) is 4.01. The van der Waals surface area contributed by atoms with Crippen molar-refractivity contribution in [3.8, 4) is 5.75 Å². The third-order valence-electron chi connectivity index (χ3n) is 11.0. The zero-order valence-electron chi connectivity index (χ0n) is 24.6. The van der Waals surface area contributed by atoms with Crippen molar-refractivity contribution in [2.45, 2.75) is 134 Å². The highest BCUT2D eigenvalue weighted by molar-refractivity contribution is 5.69. The van der Waals surface area contributed by atoms with Crippen LogP contribution in [0.25, 0.3) is 0 Å². The number of aliphatic carboxylic acids is 1. The fraction of sp³-hybridized carbons (Fsp3) is 0.788. The molecular weight excluding hydrogens is 555 g/mol. The predicted molar refractivity (Wildman–Crippen MR) is 151 cm³/mol. The summed E-state index contributed by atoms with van der Waals surface area (Å²) in [6.45, 7) is 2.29. The molecule has 6 unspecified atom stereocenters. The van der Waals surface area contributed by atoms with Crippen molar-refractivity contribution in [1.82, 2.24) is 0 Å². The van der Waals surface area contributed by atoms with Gasteiger partial charge >= 0.3 is 18.1 Å². The number of unbranched alkanes of at least 4 members (excludes halogenated alkanes) is 5. The van der Waals surface area contributed by atoms with Gasteiger partial charge in [-0.3, -0.25) is 4.79 Å². The molecule has 7 atom stereocenters. The Labute approximate surface area is 246 Å². The Balaban J connectivity index is 1.21. The number of carboxylic acids is 1. The van der Waals surface area contributed by atoms with Gasteiger partial charge in [0.25, 0.3) is 0 Å². The van der Waals surface area contributed by atoms with E-state index in [1.807, 2.05) is 12.1 Å². The number of phenolic OH excluding ortho intramolecular Hbond substituents is 1. The van der Waals surface area contributed by atoms with E-state index in [-0.39, 0.29) is 24.4 Å². The number of fused-ring (bicyclic) bond motifs is 5. The van der Waals surface area contributed by atoms with Gasteiger partial charge in [-0.2, -0.15) is 22.0 Å². The lowest BCUT2D eigenvalue weighted by molar-refractivity contribution is -0.284. The third kappa shape index (κ3) is 7.24. The Morgan fingerprint density at radius 1 is 0.976 bits per heavy atom. The highest BCUT2D eigenvalue weighted by atomic mass is 19.4. The largest absolute Gasteiger partial charge is 0.508 e. The fourth-order valence-corrected chi connectivity index (χ4v) is 8.74. The molecule has 2 saturated carbocycles. The zero-order valence-corrected chi connectivity index (χ0v) is 24.6. The van der Waals surface area contributed by atoms with Gasteiger partial charge in [-0.25, -0.2) is 0 Å². The molecule has 0 radical (unpaired) electrons. The summed E-state index contributed by atoms with van der Waals surface area (Å²) in [5.41, 5.74) is 2.61. The number of aliphatic hydroxyl groups is 1. The van der Waals surface area contributed by atoms with Gasteiger partial charge in [0.1, 0.15) is 5.75 Å². The first-order chi connectivity index (χ1) is 19.7. The number of aliphatic hydroxyl groups excluding tert-OH is 1. The summed E-state index contributed by atoms with van der Waals surface area (Å²) >= 11 is 0. The van der Waals surface area contributed by atoms with E-state index in [4.69, 9.17) is 0 Å². The molecule has 238 valence electrons. The quantitative estimate of drug-likeness (QED) is 0.147. The standard InChI is InChI=1S/C33H47F5O4/c1-31-20-23(29-25-15-13-24(39)19-22(25)12-14-26(29)27(31)16-17-28(31)40)10-7-5-3-2-4-6-9-21(30(41)42)11-8-18-32(34,35)33(36,37)38/h13,15,19,21,23,26-29,39-40H,2-12,14,16-18,20H2,1H3,(H,41,42)/t21?,23?,26?,27?,28?,29?,31-/m0/s1. The second-order valence-corrected chi connectivity index (χ2v) is 13.6. The van der Waals surface area contributed by atoms with E-state index < -0.39 is 36.8 Å². The van der Waals surface area contributed by atoms with Crippen LogP contribution in [-0.4, -0.2) is 39.5 Å². The number of benzene rings is 1. The van der Waals surface area contributed by atoms with Crippen LogP contribution in [0.4, 0.5) is 22.0 Å². The van der Waals surface area contributed by atoms with E-state index in [2.05, 4.69) is 13.0 Å². The van der Waals surface area contributed by atoms with E-state index in [9.17, 15) is 42.1 Å². The lowest BCUT2D eigenvalue weighted by atomic mass is 9.51. The van der Waals surface area contributed by atoms with Crippen molar-refractivity contribution in [3.63, 3.8) is 0 Å². The number of rotatable bonds is 14. The molecule has 0 amide bonds. The van der Waals surface area contributed by atoms with Crippen molar-refractivity contribution in [2.75, 3.05) is 0 Å². The van der Waals surface area contributed by atoms with Gasteiger partial charge in [0.05, 0.1) is 12.0 Å². The molecule has 2 fully saturated rings. The van der Waals surface area contributed by atoms with E-state index >= 15 is 0 Å². The van der Waals surface area contributed by atoms with Crippen LogP contribution in [0, 0.1) is 29.1 Å². The van der Waals surface area contributed by atoms with Crippen molar-refractivity contribution in [2.24, 2.45) is 29.1 Å². The highest BCUT2D eigenvalue weighted by Crippen LogP contribution is 2.63. The maximum atomic E-state index is 13.1. The average molecular weight is 603 g/mol. The van der Waals surface area contributed by atoms with Crippen LogP contribution in [0.2, 0.25) is 0 Å². The fourth-order valence-electron chi connectivity index (χ4n) is 8.74. The molecule has 3 N–H and O–H groups in total. The summed E-state index contributed by atoms with van der Waals surface area (Å²) < 4.78 is 63.3. The van der Waals surface area contributed by atoms with Crippen LogP contribution in [0.15, 0.2) is 18.2 Å². The van der Waals surface area contributed by atoms with Crippen LogP contribution >= 0.6 is 0 Å². The molecule has 0 aliphatic heterocycles. The number of alkyl halides is 5. The average Bonchev–Trinajstić information content (AvgIpc) is 3.21. The summed E-state index contributed by atoms with van der Waals surface area (Å²) in [6, 6.07) is 5.85. The molecule has 1 aromatic carbocycles. The highest BCUT2D eigenvalue weighted by Gasteiger charge is 2.58. The van der Waals surface area contributed by atoms with Gasteiger partial charge in [-0.1, -0.05) is 51.5 Å². The second-order valence-electron chi connectivity index (χ2n) is 13.6. The molecule has 9 heteroatoms. The minimum atomic E-state index is -5.60. The second kappa shape index (κ2) is 13.4. The Morgan fingerprint density at radius 2 is 1.64 bits per heavy atom. The van der Waals surface area contributed by atoms with Gasteiger partial charge in [-0.05, 0) is 110 Å². The molecule has 0 spiro atoms. The Morgan fingerprint density at radius 3 is 2.33 bits per heavy atom. The van der Waals surface area contributed by atoms with Gasteiger partial charge < -0.3 is 15.3 Å². The molecule has 4 rings (SSSR count). The Bertz CT molecular complexity index is 1060. The molecule has 0 bridgehead atoms. The number of hydrogen-bond donors (Lipinski definition) is 3. The smallest absolute Gasteiger partial charge is 0.453 e. The molecular formula is C33H47F5O4. The van der Waals surface area contributed by atoms with E-state index in [0.29, 0.717) is 35.8 Å². The van der Waals surface area contributed by atoms with Gasteiger partial charge in [0, 0.05) is 6.42 Å². The zero-order chi connectivity index (χ0) is 30.7. The number of aromatic hydroxyl groups is 1. The first kappa shape index (κ1) is 33.0. The number of phenols is 1. The van der Waals surface area contributed by atoms with Crippen LogP contribution in [0.1, 0.15) is 120 Å². The van der Waals surface area contributed by atoms with Gasteiger partial charge in [0.15, 0.2) is 0 Å². The molecule has 0 saturated heterocycles. The topological polar surface area (TPSA) is 77.8 Å². The molecule has 3 aliphatic rings. The normalized spacial score (nSPS) is 29.9. The monoisotopic (exact) mass is 602 g/mol. The summed E-state index contributed by atoms with van der Waals surface area (Å²) in [5.74, 6) is -4.47. The molecule has 4 nitrogen and oxygen atoms in total. The first-order valence-electron chi connectivity index (χ1n) is 15.9. The SMILES string of the molecule is C[C@]12CC(CCCCCCCCC(CCCC(F)(F)C(F)(F)F)C(=O)O)C3c4ccc(O)cc4CCC3C1CCC2O. The number of carbonyl (C=O) groups is 1. The Hall–Kier alpha value is -1.90. The van der Waals surface area contributed by atoms with Crippen LogP contribution in [-0.2, 0) is 11.2 Å². The van der Waals surface area contributed by atoms with Crippen molar-refractivity contribution in [1.29, 1.82) is 0 Å². The number of hydrogen-bond acceptors (Lipinski definition) is 3. The predicted octanol–water partition coefficient (Wildman–Crippen LogP) is 9.02. The van der Waals surface area contributed by atoms with E-state index in [1.165, 1.54) is 11.1 Å². The van der Waals surface area contributed by atoms with Crippen LogP contribution in [0.3, 0.4) is 0 Å². The van der Waals surface area contributed by atoms with Crippen LogP contribution in [0.5, 0.6) is 5.75 Å². The van der Waals surface area contributed by atoms with E-state index in [1.54, 1.807) is 0 Å². The van der Waals surface area contributed by atoms with Crippen LogP contribution < -0.4 is 0 Å². The maximum absolute atomic E-state index is 13.1. The number of aryl methyl sites for hydroxylation is 1. The summed E-state index contributed by atoms with van der Waals surface area (Å²) in [7, 11) is 0. The van der Waals surface area contributed by atoms with E-state index in [0.717, 1.165) is 70.6 Å². The third-order valence-corrected chi connectivity index (χ3v) is 11.0. The Kier molecular flexibility index (Phi) is 10.5. The molecule has 3 aliphatic carbocycles.